The molecule has 0 aliphatic carbocycles. The Hall–Kier alpha value is -0.310. The van der Waals surface area contributed by atoms with Crippen LogP contribution in [0.1, 0.15) is 12.8 Å². The molecule has 72 valence electrons. The summed E-state index contributed by atoms with van der Waals surface area (Å²) < 4.78 is 0. The minimum atomic E-state index is -0.542. The summed E-state index contributed by atoms with van der Waals surface area (Å²) in [6, 6.07) is -1.02. The van der Waals surface area contributed by atoms with Crippen LogP contribution in [0.15, 0.2) is 0 Å². The van der Waals surface area contributed by atoms with Crippen LogP contribution in [-0.2, 0) is 9.59 Å². The second kappa shape index (κ2) is 4.80. The van der Waals surface area contributed by atoms with Crippen LogP contribution in [0.4, 0.5) is 4.79 Å². The number of urea groups is 1. The summed E-state index contributed by atoms with van der Waals surface area (Å²) in [5.74, 6) is -0.351. The van der Waals surface area contributed by atoms with Crippen LogP contribution < -0.4 is 10.6 Å². The fourth-order valence-electron chi connectivity index (χ4n) is 0.963. The smallest absolute Gasteiger partial charge is 0.322 e. The summed E-state index contributed by atoms with van der Waals surface area (Å²) in [7, 11) is 1.10. The summed E-state index contributed by atoms with van der Waals surface area (Å²) in [5.41, 5.74) is 0. The van der Waals surface area contributed by atoms with Gasteiger partial charge in [0.05, 0.1) is 0 Å². The average molecular weight is 314 g/mol. The van der Waals surface area contributed by atoms with Crippen LogP contribution >= 0.6 is 30.1 Å². The van der Waals surface area contributed by atoms with E-state index in [4.69, 9.17) is 0 Å². The van der Waals surface area contributed by atoms with Crippen molar-refractivity contribution in [2.45, 2.75) is 18.9 Å². The van der Waals surface area contributed by atoms with Gasteiger partial charge < -0.3 is 5.32 Å². The first-order valence-electron chi connectivity index (χ1n) is 3.56. The molecule has 5 nitrogen and oxygen atoms in total. The maximum absolute atomic E-state index is 11.0. The standard InChI is InChI=1S/C6H7IN2O3S/c7-13-4(10)2-1-3-5(11)9-6(12)8-3/h3H,1-2H2,(H2,8,9,11,12). The van der Waals surface area contributed by atoms with E-state index in [1.165, 1.54) is 0 Å². The first kappa shape index (κ1) is 10.8. The van der Waals surface area contributed by atoms with Gasteiger partial charge in [0.25, 0.3) is 5.91 Å². The Morgan fingerprint density at radius 1 is 1.54 bits per heavy atom. The molecule has 1 rings (SSSR count). The molecule has 0 spiro atoms. The van der Waals surface area contributed by atoms with Gasteiger partial charge in [-0.3, -0.25) is 14.9 Å². The largest absolute Gasteiger partial charge is 0.326 e. The van der Waals surface area contributed by atoms with Gasteiger partial charge in [0.1, 0.15) is 6.04 Å². The fourth-order valence-corrected chi connectivity index (χ4v) is 1.82. The lowest BCUT2D eigenvalue weighted by molar-refractivity contribution is -0.120. The van der Waals surface area contributed by atoms with Crippen LogP contribution in [0.2, 0.25) is 0 Å². The maximum atomic E-state index is 11.0. The van der Waals surface area contributed by atoms with E-state index >= 15 is 0 Å². The van der Waals surface area contributed by atoms with E-state index in [1.54, 1.807) is 0 Å². The zero-order chi connectivity index (χ0) is 9.84. The van der Waals surface area contributed by atoms with Crippen molar-refractivity contribution >= 4 is 47.2 Å². The van der Waals surface area contributed by atoms with Gasteiger partial charge in [-0.15, -0.1) is 0 Å². The number of halogens is 1. The predicted molar refractivity (Wildman–Crippen MR) is 56.3 cm³/mol. The summed E-state index contributed by atoms with van der Waals surface area (Å²) >= 11 is 1.89. The van der Waals surface area contributed by atoms with Gasteiger partial charge >= 0.3 is 6.03 Å². The molecule has 0 aromatic rings. The maximum Gasteiger partial charge on any atom is 0.322 e. The molecule has 1 saturated heterocycles. The van der Waals surface area contributed by atoms with Crippen molar-refractivity contribution in [3.05, 3.63) is 0 Å². The zero-order valence-electron chi connectivity index (χ0n) is 6.50. The second-order valence-electron chi connectivity index (χ2n) is 2.50. The van der Waals surface area contributed by atoms with Crippen LogP contribution in [-0.4, -0.2) is 23.1 Å². The number of imide groups is 1. The van der Waals surface area contributed by atoms with E-state index in [0.717, 1.165) is 8.93 Å². The Labute approximate surface area is 91.0 Å². The van der Waals surface area contributed by atoms with Crippen LogP contribution in [0, 0.1) is 0 Å². The molecule has 0 aromatic carbocycles. The lowest BCUT2D eigenvalue weighted by Gasteiger charge is -2.03. The molecule has 1 aliphatic rings. The van der Waals surface area contributed by atoms with Gasteiger partial charge in [-0.25, -0.2) is 4.79 Å². The van der Waals surface area contributed by atoms with E-state index in [-0.39, 0.29) is 11.0 Å². The fraction of sp³-hybridized carbons (Fsp3) is 0.500. The van der Waals surface area contributed by atoms with Crippen molar-refractivity contribution in [2.24, 2.45) is 0 Å². The van der Waals surface area contributed by atoms with E-state index in [9.17, 15) is 14.4 Å². The molecule has 1 heterocycles. The molecule has 3 amide bonds. The predicted octanol–water partition coefficient (Wildman–Crippen LogP) is 0.584. The topological polar surface area (TPSA) is 75.3 Å². The molecule has 1 unspecified atom stereocenters. The quantitative estimate of drug-likeness (QED) is 0.590. The van der Waals surface area contributed by atoms with E-state index in [2.05, 4.69) is 10.6 Å². The Kier molecular flexibility index (Phi) is 3.97. The highest BCUT2D eigenvalue weighted by atomic mass is 127. The Morgan fingerprint density at radius 3 is 2.69 bits per heavy atom. The number of hydrogen-bond donors (Lipinski definition) is 2. The zero-order valence-corrected chi connectivity index (χ0v) is 9.48. The number of carbonyl (C=O) groups excluding carboxylic acids is 3. The molecule has 13 heavy (non-hydrogen) atoms. The second-order valence-corrected chi connectivity index (χ2v) is 4.43. The highest BCUT2D eigenvalue weighted by Crippen LogP contribution is 2.16. The number of rotatable bonds is 3. The monoisotopic (exact) mass is 314 g/mol. The highest BCUT2D eigenvalue weighted by Gasteiger charge is 2.29. The van der Waals surface area contributed by atoms with Crippen molar-refractivity contribution in [1.29, 1.82) is 0 Å². The molecule has 0 radical (unpaired) electrons. The van der Waals surface area contributed by atoms with Gasteiger partial charge in [0, 0.05) is 27.6 Å². The first-order valence-corrected chi connectivity index (χ1v) is 6.92. The van der Waals surface area contributed by atoms with Gasteiger partial charge in [0.15, 0.2) is 5.12 Å². The minimum Gasteiger partial charge on any atom is -0.326 e. The molecular formula is C6H7IN2O3S. The van der Waals surface area contributed by atoms with E-state index in [0.29, 0.717) is 12.8 Å². The third-order valence-electron chi connectivity index (χ3n) is 1.58. The van der Waals surface area contributed by atoms with Crippen molar-refractivity contribution in [2.75, 3.05) is 0 Å². The van der Waals surface area contributed by atoms with Crippen LogP contribution in [0.5, 0.6) is 0 Å². The third-order valence-corrected chi connectivity index (χ3v) is 3.43. The molecule has 0 saturated carbocycles. The van der Waals surface area contributed by atoms with Gasteiger partial charge in [0.2, 0.25) is 0 Å². The minimum absolute atomic E-state index is 0.00884. The Morgan fingerprint density at radius 2 is 2.23 bits per heavy atom. The summed E-state index contributed by atoms with van der Waals surface area (Å²) in [6.45, 7) is 0. The van der Waals surface area contributed by atoms with E-state index < -0.39 is 12.1 Å². The van der Waals surface area contributed by atoms with Crippen molar-refractivity contribution in [1.82, 2.24) is 10.6 Å². The molecule has 1 atom stereocenters. The summed E-state index contributed by atoms with van der Waals surface area (Å²) in [5, 5.41) is 4.53. The molecule has 7 heteroatoms. The highest BCUT2D eigenvalue weighted by molar-refractivity contribution is 14.2. The number of carbonyl (C=O) groups is 3. The normalized spacial score (nSPS) is 21.2. The summed E-state index contributed by atoms with van der Waals surface area (Å²) in [4.78, 5) is 32.5. The molecule has 0 aromatic heterocycles. The molecular weight excluding hydrogens is 307 g/mol. The van der Waals surface area contributed by atoms with E-state index in [1.807, 2.05) is 21.2 Å². The number of hydrogen-bond acceptors (Lipinski definition) is 4. The van der Waals surface area contributed by atoms with Gasteiger partial charge in [-0.1, -0.05) is 0 Å². The van der Waals surface area contributed by atoms with Crippen LogP contribution in [0.25, 0.3) is 0 Å². The van der Waals surface area contributed by atoms with Crippen molar-refractivity contribution < 1.29 is 14.4 Å². The lowest BCUT2D eigenvalue weighted by Crippen LogP contribution is -2.29. The Bertz CT molecular complexity index is 258. The lowest BCUT2D eigenvalue weighted by atomic mass is 10.2. The van der Waals surface area contributed by atoms with Gasteiger partial charge in [-0.05, 0) is 15.4 Å². The Balaban J connectivity index is 2.33. The first-order chi connectivity index (χ1) is 6.13. The third kappa shape index (κ3) is 3.14. The van der Waals surface area contributed by atoms with Crippen molar-refractivity contribution in [3.8, 4) is 0 Å². The van der Waals surface area contributed by atoms with Crippen molar-refractivity contribution in [3.63, 3.8) is 0 Å². The molecule has 1 fully saturated rings. The summed E-state index contributed by atoms with van der Waals surface area (Å²) in [6.07, 6.45) is 0.665. The molecule has 2 N–H and O–H groups in total. The SMILES string of the molecule is O=C1NC(=O)C(CCC(=O)SI)N1. The van der Waals surface area contributed by atoms with Gasteiger partial charge in [-0.2, -0.15) is 0 Å². The molecule has 1 aliphatic heterocycles. The number of amides is 3. The average Bonchev–Trinajstić information content (AvgIpc) is 2.41. The number of nitrogens with one attached hydrogen (secondary N) is 2. The van der Waals surface area contributed by atoms with Crippen LogP contribution in [0.3, 0.4) is 0 Å². The molecule has 0 bridgehead atoms.